The lowest BCUT2D eigenvalue weighted by Crippen LogP contribution is -2.17. The van der Waals surface area contributed by atoms with E-state index in [9.17, 15) is 9.18 Å². The first-order valence-corrected chi connectivity index (χ1v) is 4.63. The van der Waals surface area contributed by atoms with Crippen LogP contribution in [0.1, 0.15) is 10.9 Å². The molecule has 0 fully saturated rings. The van der Waals surface area contributed by atoms with Gasteiger partial charge in [0.15, 0.2) is 0 Å². The van der Waals surface area contributed by atoms with Crippen LogP contribution in [0.25, 0.3) is 0 Å². The summed E-state index contributed by atoms with van der Waals surface area (Å²) in [4.78, 5) is 10.6. The second-order valence-corrected chi connectivity index (χ2v) is 3.78. The number of nitrogens with two attached hydrogens (primary N) is 1. The second kappa shape index (κ2) is 4.07. The van der Waals surface area contributed by atoms with Crippen LogP contribution in [0.5, 0.6) is 0 Å². The number of primary amides is 1. The minimum absolute atomic E-state index is 0.0948. The lowest BCUT2D eigenvalue weighted by Gasteiger charge is -2.06. The Morgan fingerprint density at radius 3 is 2.69 bits per heavy atom. The van der Waals surface area contributed by atoms with Gasteiger partial charge in [0.05, 0.1) is 0 Å². The van der Waals surface area contributed by atoms with E-state index in [0.717, 1.165) is 0 Å². The summed E-state index contributed by atoms with van der Waals surface area (Å²) in [7, 11) is 0. The molecule has 0 heterocycles. The molecule has 2 nitrogen and oxygen atoms in total. The maximum Gasteiger partial charge on any atom is 0.240 e. The van der Waals surface area contributed by atoms with E-state index in [1.807, 2.05) is 0 Å². The molecule has 0 unspecified atom stereocenters. The van der Waals surface area contributed by atoms with Crippen LogP contribution in [0, 0.1) is 5.82 Å². The molecule has 13 heavy (non-hydrogen) atoms. The monoisotopic (exact) mass is 265 g/mol. The molecular formula is C8H6BrClFNO. The number of rotatable bonds is 2. The first-order chi connectivity index (χ1) is 6.02. The van der Waals surface area contributed by atoms with E-state index in [1.54, 1.807) is 6.07 Å². The van der Waals surface area contributed by atoms with E-state index < -0.39 is 17.1 Å². The number of amides is 1. The Morgan fingerprint density at radius 2 is 2.23 bits per heavy atom. The molecule has 0 aromatic heterocycles. The lowest BCUT2D eigenvalue weighted by molar-refractivity contribution is -0.117. The van der Waals surface area contributed by atoms with Crippen LogP contribution in [0.2, 0.25) is 0 Å². The van der Waals surface area contributed by atoms with Crippen molar-refractivity contribution in [3.05, 3.63) is 34.1 Å². The summed E-state index contributed by atoms with van der Waals surface area (Å²) in [5, 5.41) is -1.12. The molecule has 0 saturated heterocycles. The highest BCUT2D eigenvalue weighted by Crippen LogP contribution is 2.25. The Morgan fingerprint density at radius 1 is 1.62 bits per heavy atom. The predicted molar refractivity (Wildman–Crippen MR) is 51.9 cm³/mol. The van der Waals surface area contributed by atoms with Crippen LogP contribution < -0.4 is 5.73 Å². The number of hydrogen-bond donors (Lipinski definition) is 1. The van der Waals surface area contributed by atoms with Gasteiger partial charge in [0, 0.05) is 10.0 Å². The van der Waals surface area contributed by atoms with Crippen molar-refractivity contribution < 1.29 is 9.18 Å². The highest BCUT2D eigenvalue weighted by atomic mass is 79.9. The molecular weight excluding hydrogens is 260 g/mol. The van der Waals surface area contributed by atoms with Crippen LogP contribution in [-0.2, 0) is 4.79 Å². The van der Waals surface area contributed by atoms with Crippen LogP contribution in [0.15, 0.2) is 22.7 Å². The summed E-state index contributed by atoms with van der Waals surface area (Å²) in [5.41, 5.74) is 5.02. The molecule has 0 aliphatic rings. The third-order valence-corrected chi connectivity index (χ3v) is 2.43. The first-order valence-electron chi connectivity index (χ1n) is 3.40. The number of hydrogen-bond acceptors (Lipinski definition) is 1. The van der Waals surface area contributed by atoms with Crippen LogP contribution in [0.4, 0.5) is 4.39 Å². The average molecular weight is 266 g/mol. The average Bonchev–Trinajstić information content (AvgIpc) is 2.03. The fourth-order valence-corrected chi connectivity index (χ4v) is 1.37. The molecule has 70 valence electrons. The fourth-order valence-electron chi connectivity index (χ4n) is 0.860. The Kier molecular flexibility index (Phi) is 3.27. The van der Waals surface area contributed by atoms with E-state index in [4.69, 9.17) is 17.3 Å². The Bertz CT molecular complexity index is 345. The summed E-state index contributed by atoms with van der Waals surface area (Å²) >= 11 is 8.65. The van der Waals surface area contributed by atoms with Crippen LogP contribution in [0.3, 0.4) is 0 Å². The van der Waals surface area contributed by atoms with E-state index >= 15 is 0 Å². The fraction of sp³-hybridized carbons (Fsp3) is 0.125. The van der Waals surface area contributed by atoms with Gasteiger partial charge in [0.2, 0.25) is 5.91 Å². The molecule has 1 rings (SSSR count). The standard InChI is InChI=1S/C8H6BrClFNO/c9-4-1-2-5(6(11)3-4)7(10)8(12)13/h1-3,7H,(H2,12,13)/t7-/m0/s1. The molecule has 0 saturated carbocycles. The predicted octanol–water partition coefficient (Wildman–Crippen LogP) is 2.35. The second-order valence-electron chi connectivity index (χ2n) is 2.43. The van der Waals surface area contributed by atoms with Crippen molar-refractivity contribution in [2.75, 3.05) is 0 Å². The van der Waals surface area contributed by atoms with Gasteiger partial charge >= 0.3 is 0 Å². The molecule has 0 spiro atoms. The smallest absolute Gasteiger partial charge is 0.240 e. The van der Waals surface area contributed by atoms with Gasteiger partial charge in [0.25, 0.3) is 0 Å². The zero-order valence-electron chi connectivity index (χ0n) is 6.43. The van der Waals surface area contributed by atoms with Gasteiger partial charge in [-0.15, -0.1) is 11.6 Å². The topological polar surface area (TPSA) is 43.1 Å². The molecule has 2 N–H and O–H groups in total. The normalized spacial score (nSPS) is 12.5. The zero-order valence-corrected chi connectivity index (χ0v) is 8.77. The van der Waals surface area contributed by atoms with Gasteiger partial charge in [-0.25, -0.2) is 4.39 Å². The van der Waals surface area contributed by atoms with Gasteiger partial charge in [-0.05, 0) is 12.1 Å². The summed E-state index contributed by atoms with van der Waals surface area (Å²) in [6.45, 7) is 0. The van der Waals surface area contributed by atoms with Crippen molar-refractivity contribution in [2.45, 2.75) is 5.38 Å². The Labute approximate surface area is 88.0 Å². The zero-order chi connectivity index (χ0) is 10.0. The van der Waals surface area contributed by atoms with Gasteiger partial charge in [-0.2, -0.15) is 0 Å². The maximum absolute atomic E-state index is 13.1. The minimum Gasteiger partial charge on any atom is -0.368 e. The molecule has 0 radical (unpaired) electrons. The van der Waals surface area contributed by atoms with Crippen molar-refractivity contribution >= 4 is 33.4 Å². The van der Waals surface area contributed by atoms with Crippen molar-refractivity contribution in [3.8, 4) is 0 Å². The van der Waals surface area contributed by atoms with Gasteiger partial charge < -0.3 is 5.73 Å². The SMILES string of the molecule is NC(=O)[C@@H](Cl)c1ccc(Br)cc1F. The molecule has 1 atom stereocenters. The van der Waals surface area contributed by atoms with E-state index in [-0.39, 0.29) is 5.56 Å². The van der Waals surface area contributed by atoms with Gasteiger partial charge in [0.1, 0.15) is 11.2 Å². The Hall–Kier alpha value is -0.610. The Balaban J connectivity index is 3.08. The summed E-state index contributed by atoms with van der Waals surface area (Å²) in [6, 6.07) is 4.24. The summed E-state index contributed by atoms with van der Waals surface area (Å²) in [6.07, 6.45) is 0. The van der Waals surface area contributed by atoms with E-state index in [0.29, 0.717) is 4.47 Å². The van der Waals surface area contributed by atoms with Crippen molar-refractivity contribution in [3.63, 3.8) is 0 Å². The number of carbonyl (C=O) groups is 1. The van der Waals surface area contributed by atoms with Crippen LogP contribution >= 0.6 is 27.5 Å². The third kappa shape index (κ3) is 2.42. The molecule has 0 bridgehead atoms. The van der Waals surface area contributed by atoms with Gasteiger partial charge in [-0.1, -0.05) is 22.0 Å². The summed E-state index contributed by atoms with van der Waals surface area (Å²) in [5.74, 6) is -1.31. The number of halogens is 3. The van der Waals surface area contributed by atoms with Crippen LogP contribution in [-0.4, -0.2) is 5.91 Å². The molecule has 0 aliphatic heterocycles. The van der Waals surface area contributed by atoms with Gasteiger partial charge in [-0.3, -0.25) is 4.79 Å². The van der Waals surface area contributed by atoms with Crippen molar-refractivity contribution in [2.24, 2.45) is 5.73 Å². The lowest BCUT2D eigenvalue weighted by atomic mass is 10.1. The molecule has 1 amide bonds. The first kappa shape index (κ1) is 10.5. The van der Waals surface area contributed by atoms with Crippen molar-refractivity contribution in [1.29, 1.82) is 0 Å². The highest BCUT2D eigenvalue weighted by molar-refractivity contribution is 9.10. The quantitative estimate of drug-likeness (QED) is 0.821. The van der Waals surface area contributed by atoms with E-state index in [1.165, 1.54) is 12.1 Å². The third-order valence-electron chi connectivity index (χ3n) is 1.49. The van der Waals surface area contributed by atoms with Crippen molar-refractivity contribution in [1.82, 2.24) is 0 Å². The molecule has 1 aromatic carbocycles. The number of benzene rings is 1. The number of carbonyl (C=O) groups excluding carboxylic acids is 1. The number of alkyl halides is 1. The molecule has 1 aromatic rings. The minimum atomic E-state index is -1.12. The highest BCUT2D eigenvalue weighted by Gasteiger charge is 2.17. The molecule has 5 heteroatoms. The largest absolute Gasteiger partial charge is 0.368 e. The summed E-state index contributed by atoms with van der Waals surface area (Å²) < 4.78 is 13.7. The van der Waals surface area contributed by atoms with E-state index in [2.05, 4.69) is 15.9 Å². The maximum atomic E-state index is 13.1. The molecule has 0 aliphatic carbocycles.